The highest BCUT2D eigenvalue weighted by atomic mass is 16.3. The lowest BCUT2D eigenvalue weighted by molar-refractivity contribution is -0.131. The lowest BCUT2D eigenvalue weighted by Crippen LogP contribution is -2.54. The smallest absolute Gasteiger partial charge is 0.219 e. The zero-order chi connectivity index (χ0) is 17.1. The first-order chi connectivity index (χ1) is 11.5. The molecule has 7 heteroatoms. The average Bonchev–Trinajstić information content (AvgIpc) is 2.87. The second-order valence-corrected chi connectivity index (χ2v) is 7.03. The van der Waals surface area contributed by atoms with Crippen molar-refractivity contribution in [1.82, 2.24) is 24.3 Å². The van der Waals surface area contributed by atoms with Crippen molar-refractivity contribution in [1.29, 1.82) is 0 Å². The van der Waals surface area contributed by atoms with Crippen LogP contribution in [0.15, 0.2) is 12.5 Å². The summed E-state index contributed by atoms with van der Waals surface area (Å²) in [5.74, 6) is 0.151. The summed E-state index contributed by atoms with van der Waals surface area (Å²) < 4.78 is 2.06. The van der Waals surface area contributed by atoms with Crippen LogP contribution < -0.4 is 0 Å². The fraction of sp³-hybridized carbons (Fsp3) is 0.765. The van der Waals surface area contributed by atoms with Crippen molar-refractivity contribution in [2.75, 3.05) is 39.3 Å². The molecule has 0 spiro atoms. The number of aliphatic hydroxyl groups excluding tert-OH is 1. The summed E-state index contributed by atoms with van der Waals surface area (Å²) in [7, 11) is 2.02. The number of imidazole rings is 1. The molecule has 0 unspecified atom stereocenters. The number of aliphatic hydroxyl groups is 1. The number of carbonyl (C=O) groups is 1. The normalized spacial score (nSPS) is 27.2. The molecule has 3 rings (SSSR count). The lowest BCUT2D eigenvalue weighted by Gasteiger charge is -2.40. The quantitative estimate of drug-likeness (QED) is 0.836. The van der Waals surface area contributed by atoms with Crippen molar-refractivity contribution >= 4 is 5.91 Å². The number of aryl methyl sites for hydroxylation is 1. The number of rotatable bonds is 3. The van der Waals surface area contributed by atoms with E-state index in [9.17, 15) is 9.90 Å². The van der Waals surface area contributed by atoms with E-state index in [1.807, 2.05) is 24.5 Å². The van der Waals surface area contributed by atoms with Gasteiger partial charge in [-0.3, -0.25) is 14.6 Å². The molecule has 1 N–H and O–H groups in total. The van der Waals surface area contributed by atoms with Gasteiger partial charge in [0.05, 0.1) is 18.1 Å². The van der Waals surface area contributed by atoms with E-state index in [-0.39, 0.29) is 18.1 Å². The van der Waals surface area contributed by atoms with E-state index in [1.165, 1.54) is 5.69 Å². The molecule has 0 aromatic carbocycles. The molecular weight excluding hydrogens is 306 g/mol. The summed E-state index contributed by atoms with van der Waals surface area (Å²) in [5.41, 5.74) is 1.21. The first kappa shape index (κ1) is 17.4. The van der Waals surface area contributed by atoms with Gasteiger partial charge in [-0.25, -0.2) is 4.98 Å². The van der Waals surface area contributed by atoms with E-state index in [4.69, 9.17) is 0 Å². The average molecular weight is 335 g/mol. The summed E-state index contributed by atoms with van der Waals surface area (Å²) in [6.45, 7) is 7.69. The number of likely N-dealkylation sites (tertiary alicyclic amines) is 1. The molecular formula is C17H29N5O2. The van der Waals surface area contributed by atoms with Gasteiger partial charge in [0.1, 0.15) is 0 Å². The van der Waals surface area contributed by atoms with Crippen LogP contribution in [0.25, 0.3) is 0 Å². The maximum atomic E-state index is 11.5. The number of hydrogen-bond acceptors (Lipinski definition) is 5. The predicted molar refractivity (Wildman–Crippen MR) is 91.3 cm³/mol. The van der Waals surface area contributed by atoms with Gasteiger partial charge in [-0.05, 0) is 12.8 Å². The summed E-state index contributed by atoms with van der Waals surface area (Å²) in [6, 6.07) is 0.204. The summed E-state index contributed by atoms with van der Waals surface area (Å²) in [4.78, 5) is 22.3. The van der Waals surface area contributed by atoms with E-state index in [0.29, 0.717) is 0 Å². The Bertz CT molecular complexity index is 553. The number of hydrogen-bond donors (Lipinski definition) is 1. The maximum absolute atomic E-state index is 11.5. The minimum atomic E-state index is -0.287. The SMILES string of the molecule is CC(=O)N1CCN([C@H]2CCN(Cc3cncn3C)CC[C@@H]2O)CC1. The minimum Gasteiger partial charge on any atom is -0.391 e. The molecule has 134 valence electrons. The third-order valence-electron chi connectivity index (χ3n) is 5.46. The van der Waals surface area contributed by atoms with Crippen molar-refractivity contribution in [2.45, 2.75) is 38.5 Å². The van der Waals surface area contributed by atoms with Crippen LogP contribution in [0.3, 0.4) is 0 Å². The first-order valence-electron chi connectivity index (χ1n) is 8.90. The summed E-state index contributed by atoms with van der Waals surface area (Å²) in [6.07, 6.45) is 5.23. The van der Waals surface area contributed by atoms with Crippen molar-refractivity contribution < 1.29 is 9.90 Å². The van der Waals surface area contributed by atoms with Gasteiger partial charge in [-0.15, -0.1) is 0 Å². The monoisotopic (exact) mass is 335 g/mol. The predicted octanol–water partition coefficient (Wildman–Crippen LogP) is -0.0905. The van der Waals surface area contributed by atoms with Gasteiger partial charge in [-0.2, -0.15) is 0 Å². The fourth-order valence-corrected chi connectivity index (χ4v) is 3.84. The number of aromatic nitrogens is 2. The van der Waals surface area contributed by atoms with E-state index in [1.54, 1.807) is 6.92 Å². The highest BCUT2D eigenvalue weighted by Crippen LogP contribution is 2.20. The van der Waals surface area contributed by atoms with Crippen LogP contribution in [0, 0.1) is 0 Å². The third kappa shape index (κ3) is 3.96. The first-order valence-corrected chi connectivity index (χ1v) is 8.90. The maximum Gasteiger partial charge on any atom is 0.219 e. The van der Waals surface area contributed by atoms with Gasteiger partial charge < -0.3 is 14.6 Å². The highest BCUT2D eigenvalue weighted by molar-refractivity contribution is 5.73. The van der Waals surface area contributed by atoms with Crippen molar-refractivity contribution in [3.05, 3.63) is 18.2 Å². The second-order valence-electron chi connectivity index (χ2n) is 7.03. The zero-order valence-corrected chi connectivity index (χ0v) is 14.8. The van der Waals surface area contributed by atoms with Crippen LogP contribution in [0.2, 0.25) is 0 Å². The number of piperazine rings is 1. The molecule has 3 heterocycles. The van der Waals surface area contributed by atoms with Gasteiger partial charge >= 0.3 is 0 Å². The van der Waals surface area contributed by atoms with Crippen LogP contribution in [-0.2, 0) is 18.4 Å². The second kappa shape index (κ2) is 7.63. The standard InChI is InChI=1S/C17H29N5O2/c1-14(23)21-7-9-22(10-8-21)16-3-5-20(6-4-17(16)24)12-15-11-18-13-19(15)2/h11,13,16-17,24H,3-10,12H2,1-2H3/t16-,17-/m0/s1. The molecule has 2 fully saturated rings. The molecule has 2 saturated heterocycles. The molecule has 7 nitrogen and oxygen atoms in total. The van der Waals surface area contributed by atoms with Crippen LogP contribution in [0.5, 0.6) is 0 Å². The molecule has 24 heavy (non-hydrogen) atoms. The topological polar surface area (TPSA) is 64.8 Å². The van der Waals surface area contributed by atoms with Crippen molar-refractivity contribution in [2.24, 2.45) is 7.05 Å². The van der Waals surface area contributed by atoms with Crippen molar-refractivity contribution in [3.8, 4) is 0 Å². The number of carbonyl (C=O) groups excluding carboxylic acids is 1. The van der Waals surface area contributed by atoms with E-state index in [0.717, 1.165) is 58.7 Å². The molecule has 2 aliphatic rings. The Kier molecular flexibility index (Phi) is 5.53. The molecule has 1 aromatic heterocycles. The molecule has 0 bridgehead atoms. The molecule has 2 aliphatic heterocycles. The Hall–Kier alpha value is -1.44. The molecule has 0 saturated carbocycles. The zero-order valence-electron chi connectivity index (χ0n) is 14.8. The van der Waals surface area contributed by atoms with Crippen LogP contribution in [-0.4, -0.2) is 86.7 Å². The van der Waals surface area contributed by atoms with Crippen LogP contribution >= 0.6 is 0 Å². The largest absolute Gasteiger partial charge is 0.391 e. The molecule has 1 aromatic rings. The van der Waals surface area contributed by atoms with Gasteiger partial charge in [0.25, 0.3) is 0 Å². The minimum absolute atomic E-state index is 0.151. The Morgan fingerprint density at radius 3 is 2.54 bits per heavy atom. The van der Waals surface area contributed by atoms with Crippen LogP contribution in [0.1, 0.15) is 25.5 Å². The van der Waals surface area contributed by atoms with E-state index < -0.39 is 0 Å². The van der Waals surface area contributed by atoms with Crippen LogP contribution in [0.4, 0.5) is 0 Å². The highest BCUT2D eigenvalue weighted by Gasteiger charge is 2.32. The number of amides is 1. The Labute approximate surface area is 143 Å². The Morgan fingerprint density at radius 2 is 1.92 bits per heavy atom. The van der Waals surface area contributed by atoms with Gasteiger partial charge in [0.2, 0.25) is 5.91 Å². The van der Waals surface area contributed by atoms with Gasteiger partial charge in [-0.1, -0.05) is 0 Å². The third-order valence-corrected chi connectivity index (χ3v) is 5.46. The number of nitrogens with zero attached hydrogens (tertiary/aromatic N) is 5. The van der Waals surface area contributed by atoms with Crippen molar-refractivity contribution in [3.63, 3.8) is 0 Å². The van der Waals surface area contributed by atoms with Gasteiger partial charge in [0.15, 0.2) is 0 Å². The Morgan fingerprint density at radius 1 is 1.21 bits per heavy atom. The molecule has 0 radical (unpaired) electrons. The van der Waals surface area contributed by atoms with Gasteiger partial charge in [0, 0.05) is 72.0 Å². The lowest BCUT2D eigenvalue weighted by atomic mass is 10.0. The van der Waals surface area contributed by atoms with E-state index >= 15 is 0 Å². The fourth-order valence-electron chi connectivity index (χ4n) is 3.84. The Balaban J connectivity index is 1.55. The summed E-state index contributed by atoms with van der Waals surface area (Å²) >= 11 is 0. The molecule has 1 amide bonds. The summed E-state index contributed by atoms with van der Waals surface area (Å²) in [5, 5.41) is 10.6. The molecule has 2 atom stereocenters. The van der Waals surface area contributed by atoms with E-state index in [2.05, 4.69) is 19.4 Å². The molecule has 0 aliphatic carbocycles.